The van der Waals surface area contributed by atoms with Crippen LogP contribution in [0.15, 0.2) is 0 Å². The van der Waals surface area contributed by atoms with Crippen molar-refractivity contribution in [3.8, 4) is 0 Å². The van der Waals surface area contributed by atoms with E-state index in [4.69, 9.17) is 0 Å². The van der Waals surface area contributed by atoms with Gasteiger partial charge in [0, 0.05) is 0 Å². The molecule has 0 heterocycles. The molecule has 1 heteroatoms. The molecule has 1 nitrogen and oxygen atoms in total. The first-order valence-electron chi connectivity index (χ1n) is 36.9. The third kappa shape index (κ3) is 59.9. The van der Waals surface area contributed by atoms with Crippen LogP contribution in [0.2, 0.25) is 0 Å². The first kappa shape index (κ1) is 75.0. The van der Waals surface area contributed by atoms with Gasteiger partial charge in [0.05, 0.1) is 5.60 Å². The van der Waals surface area contributed by atoms with Gasteiger partial charge in [0.15, 0.2) is 0 Å². The van der Waals surface area contributed by atoms with E-state index in [1.165, 1.54) is 424 Å². The summed E-state index contributed by atoms with van der Waals surface area (Å²) in [5.41, 5.74) is -0.434. The summed E-state index contributed by atoms with van der Waals surface area (Å²) in [6.07, 6.45) is 96.3. The molecule has 0 fully saturated rings. The van der Waals surface area contributed by atoms with Crippen molar-refractivity contribution in [2.45, 2.75) is 470 Å². The van der Waals surface area contributed by atoms with Crippen molar-refractivity contribution in [3.05, 3.63) is 0 Å². The van der Waals surface area contributed by atoms with Gasteiger partial charge in [0.25, 0.3) is 0 Å². The van der Waals surface area contributed by atoms with Crippen molar-refractivity contribution in [1.29, 1.82) is 0 Å². The zero-order valence-corrected chi connectivity index (χ0v) is 53.6. The number of unbranched alkanes of at least 4 members (excludes halogenated alkanes) is 60. The van der Waals surface area contributed by atoms with E-state index in [-0.39, 0.29) is 0 Å². The Morgan fingerprint density at radius 3 is 0.440 bits per heavy atom. The van der Waals surface area contributed by atoms with Crippen molar-refractivity contribution in [2.24, 2.45) is 5.92 Å². The van der Waals surface area contributed by atoms with Gasteiger partial charge >= 0.3 is 0 Å². The van der Waals surface area contributed by atoms with Crippen LogP contribution in [0.5, 0.6) is 0 Å². The summed E-state index contributed by atoms with van der Waals surface area (Å²) in [4.78, 5) is 0. The lowest BCUT2D eigenvalue weighted by Gasteiger charge is -2.37. The van der Waals surface area contributed by atoms with Gasteiger partial charge in [-0.05, 0) is 31.6 Å². The minimum absolute atomic E-state index is 0.434. The molecule has 0 aliphatic carbocycles. The fourth-order valence-electron chi connectivity index (χ4n) is 13.1. The monoisotopic (exact) mass is 1060 g/mol. The van der Waals surface area contributed by atoms with Gasteiger partial charge in [0.2, 0.25) is 0 Å². The summed E-state index contributed by atoms with van der Waals surface area (Å²) < 4.78 is 0. The molecule has 1 N–H and O–H groups in total. The van der Waals surface area contributed by atoms with Gasteiger partial charge in [-0.15, -0.1) is 0 Å². The van der Waals surface area contributed by atoms with Crippen molar-refractivity contribution in [1.82, 2.24) is 0 Å². The van der Waals surface area contributed by atoms with Crippen LogP contribution >= 0.6 is 0 Å². The smallest absolute Gasteiger partial charge is 0.0675 e. The Morgan fingerprint density at radius 1 is 0.173 bits per heavy atom. The van der Waals surface area contributed by atoms with E-state index in [2.05, 4.69) is 27.7 Å². The summed E-state index contributed by atoms with van der Waals surface area (Å²) >= 11 is 0. The molecule has 452 valence electrons. The summed E-state index contributed by atoms with van der Waals surface area (Å²) in [7, 11) is 0. The van der Waals surface area contributed by atoms with E-state index in [1.54, 1.807) is 0 Å². The van der Waals surface area contributed by atoms with Crippen molar-refractivity contribution < 1.29 is 5.11 Å². The zero-order chi connectivity index (χ0) is 54.2. The largest absolute Gasteiger partial charge is 0.390 e. The van der Waals surface area contributed by atoms with Crippen LogP contribution in [0, 0.1) is 5.92 Å². The Hall–Kier alpha value is -0.0400. The summed E-state index contributed by atoms with van der Waals surface area (Å²) in [5.74, 6) is 0.517. The second kappa shape index (κ2) is 66.5. The van der Waals surface area contributed by atoms with Crippen LogP contribution in [0.25, 0.3) is 0 Å². The lowest BCUT2D eigenvalue weighted by atomic mass is 9.74. The molecule has 0 aromatic carbocycles. The van der Waals surface area contributed by atoms with E-state index in [1.807, 2.05) is 0 Å². The molecule has 0 bridgehead atoms. The average molecular weight is 1060 g/mol. The molecule has 0 saturated carbocycles. The molecule has 0 radical (unpaired) electrons. The first-order valence-corrected chi connectivity index (χ1v) is 36.9. The minimum atomic E-state index is -0.434. The molecule has 0 aromatic heterocycles. The number of aliphatic hydroxyl groups is 1. The molecule has 0 aliphatic rings. The number of hydrogen-bond acceptors (Lipinski definition) is 1. The highest BCUT2D eigenvalue weighted by Gasteiger charge is 2.34. The standard InChI is InChI=1S/C74H150O/c1-5-9-13-17-21-25-29-33-37-41-45-49-53-57-61-65-69-73(70-66-62-58-54-50-46-42-38-34-30-26-22-18-14-10-6-2)74(75,71-67-63-59-55-51-47-43-39-35-31-27-23-19-15-11-7-3)72-68-64-60-56-52-48-44-40-36-32-28-24-20-16-12-8-4/h73,75H,5-72H2,1-4H3. The van der Waals surface area contributed by atoms with E-state index < -0.39 is 5.60 Å². The van der Waals surface area contributed by atoms with E-state index in [9.17, 15) is 5.11 Å². The highest BCUT2D eigenvalue weighted by atomic mass is 16.3. The molecule has 0 aromatic rings. The van der Waals surface area contributed by atoms with Crippen LogP contribution in [0.3, 0.4) is 0 Å². The highest BCUT2D eigenvalue weighted by Crippen LogP contribution is 2.38. The number of rotatable bonds is 69. The van der Waals surface area contributed by atoms with Crippen LogP contribution in [0.4, 0.5) is 0 Å². The molecule has 0 rings (SSSR count). The molecule has 0 atom stereocenters. The SMILES string of the molecule is CCCCCCCCCCCCCCCCCCC(CCCCCCCCCCCCCCCCCC)C(O)(CCCCCCCCCCCCCCCCCC)CCCCCCCCCCCCCCCCCC. The summed E-state index contributed by atoms with van der Waals surface area (Å²) in [6, 6.07) is 0. The lowest BCUT2D eigenvalue weighted by molar-refractivity contribution is -0.0457. The maximum atomic E-state index is 13.0. The first-order chi connectivity index (χ1) is 37.1. The predicted molar refractivity (Wildman–Crippen MR) is 345 cm³/mol. The predicted octanol–water partition coefficient (Wildman–Crippen LogP) is 27.9. The van der Waals surface area contributed by atoms with Gasteiger partial charge in [-0.1, -0.05) is 439 Å². The fourth-order valence-corrected chi connectivity index (χ4v) is 13.1. The maximum Gasteiger partial charge on any atom is 0.0675 e. The molecule has 0 saturated heterocycles. The third-order valence-electron chi connectivity index (χ3n) is 18.5. The second-order valence-electron chi connectivity index (χ2n) is 26.1. The Labute approximate surface area is 478 Å². The molecule has 75 heavy (non-hydrogen) atoms. The van der Waals surface area contributed by atoms with E-state index in [0.717, 1.165) is 12.8 Å². The minimum Gasteiger partial charge on any atom is -0.390 e. The van der Waals surface area contributed by atoms with E-state index in [0.29, 0.717) is 5.92 Å². The summed E-state index contributed by atoms with van der Waals surface area (Å²) in [6.45, 7) is 9.29. The Bertz CT molecular complexity index is 899. The lowest BCUT2D eigenvalue weighted by Crippen LogP contribution is -2.38. The van der Waals surface area contributed by atoms with Crippen LogP contribution < -0.4 is 0 Å². The van der Waals surface area contributed by atoms with Crippen LogP contribution in [0.1, 0.15) is 464 Å². The van der Waals surface area contributed by atoms with Gasteiger partial charge in [-0.2, -0.15) is 0 Å². The van der Waals surface area contributed by atoms with Gasteiger partial charge in [0.1, 0.15) is 0 Å². The molecular weight excluding hydrogens is 905 g/mol. The Balaban J connectivity index is 5.04. The van der Waals surface area contributed by atoms with Crippen LogP contribution in [-0.4, -0.2) is 10.7 Å². The van der Waals surface area contributed by atoms with Crippen molar-refractivity contribution in [3.63, 3.8) is 0 Å². The molecule has 0 unspecified atom stereocenters. The maximum absolute atomic E-state index is 13.0. The second-order valence-corrected chi connectivity index (χ2v) is 26.1. The third-order valence-corrected chi connectivity index (χ3v) is 18.5. The van der Waals surface area contributed by atoms with Gasteiger partial charge in [-0.25, -0.2) is 0 Å². The van der Waals surface area contributed by atoms with Gasteiger partial charge < -0.3 is 5.11 Å². The normalized spacial score (nSPS) is 12.1. The van der Waals surface area contributed by atoms with Crippen LogP contribution in [-0.2, 0) is 0 Å². The zero-order valence-electron chi connectivity index (χ0n) is 53.6. The Kier molecular flexibility index (Phi) is 66.4. The highest BCUT2D eigenvalue weighted by molar-refractivity contribution is 4.87. The molecule has 0 amide bonds. The molecule has 0 aliphatic heterocycles. The topological polar surface area (TPSA) is 20.2 Å². The number of hydrogen-bond donors (Lipinski definition) is 1. The van der Waals surface area contributed by atoms with Crippen molar-refractivity contribution >= 4 is 0 Å². The fraction of sp³-hybridized carbons (Fsp3) is 1.00. The van der Waals surface area contributed by atoms with Gasteiger partial charge in [-0.3, -0.25) is 0 Å². The average Bonchev–Trinajstić information content (AvgIpc) is 3.41. The van der Waals surface area contributed by atoms with Crippen molar-refractivity contribution in [2.75, 3.05) is 0 Å². The Morgan fingerprint density at radius 2 is 0.293 bits per heavy atom. The molecular formula is C74H150O. The quantitative estimate of drug-likeness (QED) is 0.0602. The molecule has 0 spiro atoms. The summed E-state index contributed by atoms with van der Waals surface area (Å²) in [5, 5.41) is 13.0. The van der Waals surface area contributed by atoms with E-state index >= 15 is 0 Å².